The first-order valence-corrected chi connectivity index (χ1v) is 4.91. The normalized spacial score (nSPS) is 10.2. The van der Waals surface area contributed by atoms with Crippen molar-refractivity contribution in [2.24, 2.45) is 0 Å². The highest BCUT2D eigenvalue weighted by molar-refractivity contribution is 5.79. The van der Waals surface area contributed by atoms with Crippen LogP contribution in [0.15, 0.2) is 12.1 Å². The molecule has 0 fully saturated rings. The smallest absolute Gasteiger partial charge is 0.265 e. The second-order valence-corrected chi connectivity index (χ2v) is 3.40. The zero-order chi connectivity index (χ0) is 14.7. The lowest BCUT2D eigenvalue weighted by molar-refractivity contribution is -0.0553. The maximum absolute atomic E-state index is 12.6. The molecular formula is C9H6F3N5O3. The van der Waals surface area contributed by atoms with Crippen LogP contribution in [0.25, 0.3) is 11.3 Å². The summed E-state index contributed by atoms with van der Waals surface area (Å²) in [6.07, 6.45) is 0. The molecule has 0 aliphatic rings. The summed E-state index contributed by atoms with van der Waals surface area (Å²) in [6.45, 7) is 0. The van der Waals surface area contributed by atoms with Crippen molar-refractivity contribution in [1.29, 1.82) is 0 Å². The first kappa shape index (κ1) is 13.5. The SMILES string of the molecule is Nc1nnc(-c2ccc(OF)c(OF)c2OF)c(N)n1. The quantitative estimate of drug-likeness (QED) is 0.869. The number of nitrogens with two attached hydrogens (primary N) is 2. The second-order valence-electron chi connectivity index (χ2n) is 3.40. The Morgan fingerprint density at radius 1 is 0.900 bits per heavy atom. The monoisotopic (exact) mass is 289 g/mol. The van der Waals surface area contributed by atoms with Gasteiger partial charge in [0.2, 0.25) is 17.4 Å². The lowest BCUT2D eigenvalue weighted by Gasteiger charge is -2.09. The molecule has 0 spiro atoms. The summed E-state index contributed by atoms with van der Waals surface area (Å²) in [7, 11) is 0. The predicted molar refractivity (Wildman–Crippen MR) is 59.3 cm³/mol. The Hall–Kier alpha value is -2.98. The van der Waals surface area contributed by atoms with Crippen molar-refractivity contribution >= 4 is 11.8 Å². The van der Waals surface area contributed by atoms with Gasteiger partial charge in [-0.05, 0) is 12.1 Å². The van der Waals surface area contributed by atoms with Gasteiger partial charge in [-0.25, -0.2) is 0 Å². The number of nitrogens with zero attached hydrogens (tertiary/aromatic N) is 3. The lowest BCUT2D eigenvalue weighted by Crippen LogP contribution is -2.05. The standard InChI is InChI=1S/C9H6F3N5O3/c10-18-4-2-1-3(6(19-11)7(4)20-12)5-8(13)15-9(14)17-16-5/h1-2H,(H4,13,14,15,17). The number of hydrogen-bond donors (Lipinski definition) is 2. The van der Waals surface area contributed by atoms with Gasteiger partial charge in [-0.3, -0.25) is 14.8 Å². The largest absolute Gasteiger partial charge is 0.382 e. The molecule has 0 saturated carbocycles. The summed E-state index contributed by atoms with van der Waals surface area (Å²) < 4.78 is 37.1. The maximum atomic E-state index is 12.6. The van der Waals surface area contributed by atoms with Crippen LogP contribution >= 0.6 is 0 Å². The average Bonchev–Trinajstić information content (AvgIpc) is 2.45. The number of hydrogen-bond acceptors (Lipinski definition) is 8. The van der Waals surface area contributed by atoms with E-state index in [9.17, 15) is 13.6 Å². The number of nitrogen functional groups attached to an aromatic ring is 2. The minimum Gasteiger partial charge on any atom is -0.382 e. The van der Waals surface area contributed by atoms with Crippen LogP contribution in [-0.2, 0) is 0 Å². The van der Waals surface area contributed by atoms with Crippen molar-refractivity contribution < 1.29 is 28.4 Å². The van der Waals surface area contributed by atoms with E-state index in [1.54, 1.807) is 0 Å². The Labute approximate surface area is 108 Å². The van der Waals surface area contributed by atoms with Crippen molar-refractivity contribution in [3.05, 3.63) is 12.1 Å². The Morgan fingerprint density at radius 3 is 2.15 bits per heavy atom. The molecule has 8 nitrogen and oxygen atoms in total. The summed E-state index contributed by atoms with van der Waals surface area (Å²) in [5, 5.41) is 6.97. The summed E-state index contributed by atoms with van der Waals surface area (Å²) in [5.41, 5.74) is 10.4. The highest BCUT2D eigenvalue weighted by Crippen LogP contribution is 2.45. The van der Waals surface area contributed by atoms with Gasteiger partial charge in [0.25, 0.3) is 5.75 Å². The van der Waals surface area contributed by atoms with E-state index >= 15 is 0 Å². The van der Waals surface area contributed by atoms with Crippen LogP contribution in [0, 0.1) is 0 Å². The molecule has 1 aromatic heterocycles. The number of rotatable bonds is 4. The van der Waals surface area contributed by atoms with E-state index in [-0.39, 0.29) is 23.0 Å². The number of aromatic nitrogens is 3. The first-order valence-electron chi connectivity index (χ1n) is 4.91. The molecule has 0 unspecified atom stereocenters. The second kappa shape index (κ2) is 5.34. The third-order valence-corrected chi connectivity index (χ3v) is 2.30. The van der Waals surface area contributed by atoms with Crippen molar-refractivity contribution in [1.82, 2.24) is 15.2 Å². The van der Waals surface area contributed by atoms with Crippen molar-refractivity contribution in [2.75, 3.05) is 11.5 Å². The highest BCUT2D eigenvalue weighted by Gasteiger charge is 2.24. The van der Waals surface area contributed by atoms with Crippen LogP contribution in [0.3, 0.4) is 0 Å². The molecule has 0 amide bonds. The van der Waals surface area contributed by atoms with Gasteiger partial charge in [0.15, 0.2) is 5.82 Å². The Kier molecular flexibility index (Phi) is 3.59. The van der Waals surface area contributed by atoms with E-state index in [1.165, 1.54) is 0 Å². The summed E-state index contributed by atoms with van der Waals surface area (Å²) >= 11 is 0. The molecule has 2 rings (SSSR count). The third-order valence-electron chi connectivity index (χ3n) is 2.30. The molecule has 1 heterocycles. The molecule has 0 aliphatic carbocycles. The van der Waals surface area contributed by atoms with Crippen molar-refractivity contribution in [3.63, 3.8) is 0 Å². The molecule has 0 atom stereocenters. The van der Waals surface area contributed by atoms with Crippen LogP contribution in [0.2, 0.25) is 0 Å². The van der Waals surface area contributed by atoms with Crippen molar-refractivity contribution in [2.45, 2.75) is 0 Å². The van der Waals surface area contributed by atoms with Gasteiger partial charge in [-0.2, -0.15) is 4.98 Å². The molecule has 11 heteroatoms. The molecule has 0 aliphatic heterocycles. The summed E-state index contributed by atoms with van der Waals surface area (Å²) in [6, 6.07) is 2.02. The Morgan fingerprint density at radius 2 is 1.60 bits per heavy atom. The van der Waals surface area contributed by atoms with Gasteiger partial charge in [0.1, 0.15) is 5.69 Å². The van der Waals surface area contributed by atoms with E-state index < -0.39 is 17.2 Å². The highest BCUT2D eigenvalue weighted by atomic mass is 19.3. The van der Waals surface area contributed by atoms with Crippen LogP contribution < -0.4 is 26.3 Å². The number of benzene rings is 1. The van der Waals surface area contributed by atoms with Crippen molar-refractivity contribution in [3.8, 4) is 28.5 Å². The number of halogens is 3. The van der Waals surface area contributed by atoms with E-state index in [4.69, 9.17) is 11.5 Å². The van der Waals surface area contributed by atoms with Gasteiger partial charge in [0, 0.05) is 13.6 Å². The molecule has 2 aromatic rings. The zero-order valence-corrected chi connectivity index (χ0v) is 9.51. The van der Waals surface area contributed by atoms with Gasteiger partial charge in [-0.15, -0.1) is 10.2 Å². The lowest BCUT2D eigenvalue weighted by atomic mass is 10.1. The predicted octanol–water partition coefficient (Wildman–Crippen LogP) is 1.49. The fourth-order valence-corrected chi connectivity index (χ4v) is 1.48. The molecule has 106 valence electrons. The fourth-order valence-electron chi connectivity index (χ4n) is 1.48. The zero-order valence-electron chi connectivity index (χ0n) is 9.51. The fraction of sp³-hybridized carbons (Fsp3) is 0. The molecule has 1 aromatic carbocycles. The van der Waals surface area contributed by atoms with E-state index in [0.29, 0.717) is 0 Å². The Bertz CT molecular complexity index is 642. The Balaban J connectivity index is 2.68. The van der Waals surface area contributed by atoms with Gasteiger partial charge >= 0.3 is 0 Å². The van der Waals surface area contributed by atoms with E-state index in [0.717, 1.165) is 12.1 Å². The minimum absolute atomic E-state index is 0.171. The molecular weight excluding hydrogens is 283 g/mol. The van der Waals surface area contributed by atoms with E-state index in [1.807, 2.05) is 0 Å². The molecule has 20 heavy (non-hydrogen) atoms. The van der Waals surface area contributed by atoms with E-state index in [2.05, 4.69) is 30.0 Å². The van der Waals surface area contributed by atoms with Gasteiger partial charge < -0.3 is 11.5 Å². The third kappa shape index (κ3) is 2.15. The minimum atomic E-state index is -0.981. The molecule has 0 radical (unpaired) electrons. The van der Waals surface area contributed by atoms with Gasteiger partial charge in [0.05, 0.1) is 5.56 Å². The summed E-state index contributed by atoms with van der Waals surface area (Å²) in [5.74, 6) is -3.03. The maximum Gasteiger partial charge on any atom is 0.265 e. The van der Waals surface area contributed by atoms with Crippen LogP contribution in [0.1, 0.15) is 0 Å². The van der Waals surface area contributed by atoms with Crippen LogP contribution in [0.5, 0.6) is 17.2 Å². The molecule has 0 bridgehead atoms. The van der Waals surface area contributed by atoms with Crippen LogP contribution in [0.4, 0.5) is 25.3 Å². The average molecular weight is 289 g/mol. The molecule has 4 N–H and O–H groups in total. The number of anilines is 2. The van der Waals surface area contributed by atoms with Gasteiger partial charge in [-0.1, -0.05) is 0 Å². The summed E-state index contributed by atoms with van der Waals surface area (Å²) in [4.78, 5) is 13.7. The first-order chi connectivity index (χ1) is 9.62. The topological polar surface area (TPSA) is 118 Å². The molecule has 0 saturated heterocycles. The van der Waals surface area contributed by atoms with Crippen LogP contribution in [-0.4, -0.2) is 15.2 Å².